The molecule has 5 aromatic rings. The van der Waals surface area contributed by atoms with Crippen LogP contribution in [-0.2, 0) is 0 Å². The number of fused-ring (bicyclic) bond motifs is 2. The fourth-order valence-electron chi connectivity index (χ4n) is 3.95. The van der Waals surface area contributed by atoms with Crippen LogP contribution in [0.15, 0.2) is 82.2 Å². The molecule has 7 heteroatoms. The predicted octanol–water partition coefficient (Wildman–Crippen LogP) is 6.50. The summed E-state index contributed by atoms with van der Waals surface area (Å²) in [5.74, 6) is 2.95. The quantitative estimate of drug-likeness (QED) is 0.301. The van der Waals surface area contributed by atoms with Crippen molar-refractivity contribution >= 4 is 27.4 Å². The van der Waals surface area contributed by atoms with E-state index in [1.165, 1.54) is 0 Å². The zero-order chi connectivity index (χ0) is 23.1. The SMILES string of the molecule is COc1ccc(-c2nc(N=c3cc(-c4ccc5c(c4)OCO5)oc4ccccc34)sc2C)cc1. The number of aromatic nitrogens is 1. The van der Waals surface area contributed by atoms with Gasteiger partial charge in [0.15, 0.2) is 11.5 Å². The summed E-state index contributed by atoms with van der Waals surface area (Å²) in [5.41, 5.74) is 3.60. The summed E-state index contributed by atoms with van der Waals surface area (Å²) < 4.78 is 22.5. The molecular formula is C27H20N2O4S. The number of rotatable bonds is 4. The third-order valence-corrected chi connectivity index (χ3v) is 6.54. The van der Waals surface area contributed by atoms with E-state index in [4.69, 9.17) is 28.6 Å². The van der Waals surface area contributed by atoms with Crippen LogP contribution in [0.5, 0.6) is 17.2 Å². The number of benzene rings is 3. The Morgan fingerprint density at radius 2 is 1.71 bits per heavy atom. The average Bonchev–Trinajstić information content (AvgIpc) is 3.49. The van der Waals surface area contributed by atoms with E-state index >= 15 is 0 Å². The summed E-state index contributed by atoms with van der Waals surface area (Å²) in [4.78, 5) is 10.9. The van der Waals surface area contributed by atoms with E-state index in [0.717, 1.165) is 49.5 Å². The molecule has 0 N–H and O–H groups in total. The molecule has 1 aliphatic heterocycles. The van der Waals surface area contributed by atoms with Gasteiger partial charge < -0.3 is 18.6 Å². The molecule has 0 amide bonds. The van der Waals surface area contributed by atoms with Crippen molar-refractivity contribution in [3.63, 3.8) is 0 Å². The molecule has 1 aliphatic rings. The van der Waals surface area contributed by atoms with Crippen LogP contribution >= 0.6 is 11.3 Å². The Hall–Kier alpha value is -4.10. The highest BCUT2D eigenvalue weighted by Crippen LogP contribution is 2.36. The molecule has 3 heterocycles. The zero-order valence-electron chi connectivity index (χ0n) is 18.6. The van der Waals surface area contributed by atoms with E-state index in [-0.39, 0.29) is 6.79 Å². The van der Waals surface area contributed by atoms with Crippen molar-refractivity contribution in [2.24, 2.45) is 4.99 Å². The molecule has 0 fully saturated rings. The monoisotopic (exact) mass is 468 g/mol. The normalized spacial score (nSPS) is 12.9. The second kappa shape index (κ2) is 8.35. The highest BCUT2D eigenvalue weighted by molar-refractivity contribution is 7.15. The van der Waals surface area contributed by atoms with Gasteiger partial charge in [0.2, 0.25) is 11.9 Å². The lowest BCUT2D eigenvalue weighted by Crippen LogP contribution is -2.03. The number of para-hydroxylation sites is 1. The van der Waals surface area contributed by atoms with Crippen LogP contribution in [0.1, 0.15) is 4.88 Å². The van der Waals surface area contributed by atoms with E-state index in [1.54, 1.807) is 18.4 Å². The van der Waals surface area contributed by atoms with Crippen molar-refractivity contribution in [1.82, 2.24) is 4.98 Å². The molecule has 168 valence electrons. The van der Waals surface area contributed by atoms with Gasteiger partial charge in [-0.05, 0) is 61.5 Å². The fraction of sp³-hybridized carbons (Fsp3) is 0.111. The maximum Gasteiger partial charge on any atom is 0.231 e. The van der Waals surface area contributed by atoms with Gasteiger partial charge in [0.1, 0.15) is 17.1 Å². The topological polar surface area (TPSA) is 66.1 Å². The molecule has 0 atom stereocenters. The molecule has 0 spiro atoms. The van der Waals surface area contributed by atoms with Gasteiger partial charge in [-0.25, -0.2) is 9.98 Å². The first-order valence-corrected chi connectivity index (χ1v) is 11.6. The third-order valence-electron chi connectivity index (χ3n) is 5.67. The van der Waals surface area contributed by atoms with Crippen LogP contribution in [0.2, 0.25) is 0 Å². The minimum Gasteiger partial charge on any atom is -0.497 e. The van der Waals surface area contributed by atoms with E-state index in [9.17, 15) is 0 Å². The van der Waals surface area contributed by atoms with Crippen LogP contribution in [0, 0.1) is 6.92 Å². The molecule has 6 nitrogen and oxygen atoms in total. The lowest BCUT2D eigenvalue weighted by atomic mass is 10.1. The highest BCUT2D eigenvalue weighted by Gasteiger charge is 2.16. The number of methoxy groups -OCH3 is 1. The summed E-state index contributed by atoms with van der Waals surface area (Å²) >= 11 is 1.56. The van der Waals surface area contributed by atoms with Crippen LogP contribution < -0.4 is 19.6 Å². The Morgan fingerprint density at radius 1 is 0.912 bits per heavy atom. The highest BCUT2D eigenvalue weighted by atomic mass is 32.1. The van der Waals surface area contributed by atoms with Crippen LogP contribution in [0.25, 0.3) is 33.6 Å². The second-order valence-corrected chi connectivity index (χ2v) is 8.98. The van der Waals surface area contributed by atoms with Gasteiger partial charge in [-0.2, -0.15) is 0 Å². The molecule has 0 unspecified atom stereocenters. The van der Waals surface area contributed by atoms with Gasteiger partial charge in [-0.1, -0.05) is 23.5 Å². The first kappa shape index (κ1) is 20.5. The smallest absolute Gasteiger partial charge is 0.231 e. The van der Waals surface area contributed by atoms with E-state index in [2.05, 4.69) is 6.92 Å². The Labute approximate surface area is 199 Å². The van der Waals surface area contributed by atoms with Crippen molar-refractivity contribution in [2.45, 2.75) is 6.92 Å². The number of hydrogen-bond donors (Lipinski definition) is 0. The molecule has 3 aromatic carbocycles. The van der Waals surface area contributed by atoms with Crippen LogP contribution in [0.4, 0.5) is 5.13 Å². The van der Waals surface area contributed by atoms with Crippen molar-refractivity contribution in [2.75, 3.05) is 13.9 Å². The Kier molecular flexibility index (Phi) is 5.04. The van der Waals surface area contributed by atoms with Crippen LogP contribution in [0.3, 0.4) is 0 Å². The summed E-state index contributed by atoms with van der Waals surface area (Å²) in [6.07, 6.45) is 0. The van der Waals surface area contributed by atoms with Crippen molar-refractivity contribution in [3.05, 3.63) is 83.0 Å². The molecule has 2 aromatic heterocycles. The maximum atomic E-state index is 6.22. The Balaban J connectivity index is 1.47. The van der Waals surface area contributed by atoms with Crippen LogP contribution in [-0.4, -0.2) is 18.9 Å². The van der Waals surface area contributed by atoms with Crippen molar-refractivity contribution in [3.8, 4) is 39.8 Å². The average molecular weight is 469 g/mol. The summed E-state index contributed by atoms with van der Waals surface area (Å²) in [6, 6.07) is 23.5. The number of ether oxygens (including phenoxy) is 3. The Morgan fingerprint density at radius 3 is 2.56 bits per heavy atom. The van der Waals surface area contributed by atoms with Gasteiger partial charge >= 0.3 is 0 Å². The second-order valence-electron chi connectivity index (χ2n) is 7.80. The molecule has 0 aliphatic carbocycles. The number of thiazole rings is 1. The first-order valence-electron chi connectivity index (χ1n) is 10.8. The molecule has 0 saturated heterocycles. The van der Waals surface area contributed by atoms with Gasteiger partial charge in [-0.15, -0.1) is 0 Å². The standard InChI is InChI=1S/C27H20N2O4S/c1-16-26(17-7-10-19(30-2)11-8-17)29-27(34-16)28-21-14-24(33-22-6-4-3-5-20(21)22)18-9-12-23-25(13-18)32-15-31-23/h3-14H,15H2,1-2H3. The molecular weight excluding hydrogens is 448 g/mol. The third kappa shape index (κ3) is 3.70. The maximum absolute atomic E-state index is 6.22. The lowest BCUT2D eigenvalue weighted by molar-refractivity contribution is 0.174. The van der Waals surface area contributed by atoms with Gasteiger partial charge in [-0.3, -0.25) is 0 Å². The molecule has 0 bridgehead atoms. The molecule has 0 saturated carbocycles. The number of nitrogens with zero attached hydrogens (tertiary/aromatic N) is 2. The largest absolute Gasteiger partial charge is 0.497 e. The minimum atomic E-state index is 0.230. The van der Waals surface area contributed by atoms with E-state index in [1.807, 2.05) is 72.8 Å². The van der Waals surface area contributed by atoms with E-state index < -0.39 is 0 Å². The van der Waals surface area contributed by atoms with Crippen molar-refractivity contribution < 1.29 is 18.6 Å². The van der Waals surface area contributed by atoms with E-state index in [0.29, 0.717) is 16.6 Å². The molecule has 34 heavy (non-hydrogen) atoms. The zero-order valence-corrected chi connectivity index (χ0v) is 19.4. The van der Waals surface area contributed by atoms with Gasteiger partial charge in [0.25, 0.3) is 0 Å². The molecule has 0 radical (unpaired) electrons. The predicted molar refractivity (Wildman–Crippen MR) is 132 cm³/mol. The van der Waals surface area contributed by atoms with Gasteiger partial charge in [0.05, 0.1) is 18.2 Å². The minimum absolute atomic E-state index is 0.230. The summed E-state index contributed by atoms with van der Waals surface area (Å²) in [7, 11) is 1.66. The Bertz CT molecular complexity index is 1590. The summed E-state index contributed by atoms with van der Waals surface area (Å²) in [6.45, 7) is 2.29. The number of aryl methyl sites for hydroxylation is 1. The van der Waals surface area contributed by atoms with Crippen molar-refractivity contribution in [1.29, 1.82) is 0 Å². The summed E-state index contributed by atoms with van der Waals surface area (Å²) in [5, 5.41) is 2.41. The molecule has 6 rings (SSSR count). The van der Waals surface area contributed by atoms with Gasteiger partial charge in [0, 0.05) is 27.5 Å². The fourth-order valence-corrected chi connectivity index (χ4v) is 4.77. The number of hydrogen-bond acceptors (Lipinski definition) is 7. The first-order chi connectivity index (χ1) is 16.7. The lowest BCUT2D eigenvalue weighted by Gasteiger charge is -2.05.